The van der Waals surface area contributed by atoms with E-state index in [1.807, 2.05) is 0 Å². The Balaban J connectivity index is 1.52. The highest BCUT2D eigenvalue weighted by Crippen LogP contribution is 2.39. The first-order chi connectivity index (χ1) is 18.6. The van der Waals surface area contributed by atoms with Crippen molar-refractivity contribution in [3.05, 3.63) is 35.4 Å². The minimum atomic E-state index is 0.489. The zero-order chi connectivity index (χ0) is 27.6. The van der Waals surface area contributed by atoms with Crippen molar-refractivity contribution in [2.45, 2.75) is 64.2 Å². The maximum Gasteiger partial charge on any atom is 0.203 e. The van der Waals surface area contributed by atoms with Gasteiger partial charge in [-0.05, 0) is 37.1 Å². The van der Waals surface area contributed by atoms with Crippen LogP contribution in [0.3, 0.4) is 0 Å². The van der Waals surface area contributed by atoms with E-state index in [2.05, 4.69) is 0 Å². The molecule has 0 aliphatic carbocycles. The summed E-state index contributed by atoms with van der Waals surface area (Å²) < 4.78 is 33.2. The zero-order valence-electron chi connectivity index (χ0n) is 23.2. The Bertz CT molecular complexity index is 859. The number of carbonyl (C=O) groups excluding carboxylic acids is 2. The molecule has 0 amide bonds. The van der Waals surface area contributed by atoms with Gasteiger partial charge in [0.2, 0.25) is 11.5 Å². The van der Waals surface area contributed by atoms with Gasteiger partial charge in [0.05, 0.1) is 41.7 Å². The third-order valence-electron chi connectivity index (χ3n) is 6.27. The number of hydrogen-bond donors (Lipinski definition) is 0. The summed E-state index contributed by atoms with van der Waals surface area (Å²) in [5, 5.41) is 0. The highest BCUT2D eigenvalue weighted by atomic mass is 16.5. The number of ether oxygens (including phenoxy) is 6. The zero-order valence-corrected chi connectivity index (χ0v) is 23.2. The molecule has 0 spiro atoms. The van der Waals surface area contributed by atoms with Gasteiger partial charge in [-0.15, -0.1) is 0 Å². The molecule has 0 aromatic heterocycles. The molecular formula is C30H42O8. The van der Waals surface area contributed by atoms with Crippen molar-refractivity contribution < 1.29 is 38.0 Å². The topological polar surface area (TPSA) is 89.5 Å². The van der Waals surface area contributed by atoms with Crippen LogP contribution in [0.4, 0.5) is 0 Å². The van der Waals surface area contributed by atoms with Crippen molar-refractivity contribution in [3.8, 4) is 34.5 Å². The van der Waals surface area contributed by atoms with Crippen molar-refractivity contribution in [2.24, 2.45) is 0 Å². The van der Waals surface area contributed by atoms with Gasteiger partial charge in [-0.25, -0.2) is 0 Å². The molecule has 2 rings (SSSR count). The molecule has 0 unspecified atom stereocenters. The van der Waals surface area contributed by atoms with Crippen molar-refractivity contribution in [1.82, 2.24) is 0 Å². The largest absolute Gasteiger partial charge is 0.493 e. The molecule has 0 aliphatic heterocycles. The second-order valence-electron chi connectivity index (χ2n) is 8.98. The molecule has 0 heterocycles. The molecule has 38 heavy (non-hydrogen) atoms. The summed E-state index contributed by atoms with van der Waals surface area (Å²) in [7, 11) is 6.20. The maximum atomic E-state index is 11.1. The normalized spacial score (nSPS) is 10.5. The molecule has 0 radical (unpaired) electrons. The number of rotatable bonds is 21. The highest BCUT2D eigenvalue weighted by molar-refractivity contribution is 5.79. The van der Waals surface area contributed by atoms with Crippen molar-refractivity contribution in [1.29, 1.82) is 0 Å². The standard InChI is InChI=1S/C30H42O8/c1-33-25-17-23(21-31)18-26(34-2)29(25)37-15-13-11-9-7-5-6-8-10-12-14-16-38-30-27(35-3)19-24(22-32)20-28(30)36-4/h17-22H,5-16H2,1-4H3. The molecule has 2 aromatic carbocycles. The Labute approximate surface area is 226 Å². The van der Waals surface area contributed by atoms with E-state index < -0.39 is 0 Å². The summed E-state index contributed by atoms with van der Waals surface area (Å²) >= 11 is 0. The van der Waals surface area contributed by atoms with E-state index in [0.29, 0.717) is 58.8 Å². The molecule has 8 heteroatoms. The molecule has 0 N–H and O–H groups in total. The summed E-state index contributed by atoms with van der Waals surface area (Å²) in [4.78, 5) is 22.1. The van der Waals surface area contributed by atoms with E-state index in [9.17, 15) is 9.59 Å². The summed E-state index contributed by atoms with van der Waals surface area (Å²) in [5.41, 5.74) is 0.978. The van der Waals surface area contributed by atoms with Gasteiger partial charge in [-0.3, -0.25) is 9.59 Å². The molecule has 0 saturated carbocycles. The van der Waals surface area contributed by atoms with Gasteiger partial charge in [-0.2, -0.15) is 0 Å². The second kappa shape index (κ2) is 17.9. The molecule has 0 bridgehead atoms. The summed E-state index contributed by atoms with van der Waals surface area (Å²) in [6.45, 7) is 1.16. The monoisotopic (exact) mass is 530 g/mol. The first-order valence-electron chi connectivity index (χ1n) is 13.3. The van der Waals surface area contributed by atoms with Gasteiger partial charge in [-0.1, -0.05) is 51.4 Å². The average Bonchev–Trinajstić information content (AvgIpc) is 2.96. The van der Waals surface area contributed by atoms with Gasteiger partial charge in [0.25, 0.3) is 0 Å². The van der Waals surface area contributed by atoms with Crippen LogP contribution in [0.15, 0.2) is 24.3 Å². The Morgan fingerprint density at radius 1 is 0.474 bits per heavy atom. The average molecular weight is 531 g/mol. The fraction of sp³-hybridized carbons (Fsp3) is 0.533. The maximum absolute atomic E-state index is 11.1. The lowest BCUT2D eigenvalue weighted by atomic mass is 10.1. The van der Waals surface area contributed by atoms with Crippen LogP contribution in [0.5, 0.6) is 34.5 Å². The van der Waals surface area contributed by atoms with E-state index in [-0.39, 0.29) is 0 Å². The quantitative estimate of drug-likeness (QED) is 0.130. The van der Waals surface area contributed by atoms with Crippen LogP contribution in [-0.2, 0) is 0 Å². The summed E-state index contributed by atoms with van der Waals surface area (Å²) in [6.07, 6.45) is 12.9. The van der Waals surface area contributed by atoms with E-state index in [1.54, 1.807) is 52.7 Å². The Morgan fingerprint density at radius 3 is 0.974 bits per heavy atom. The number of methoxy groups -OCH3 is 4. The number of benzene rings is 2. The van der Waals surface area contributed by atoms with Gasteiger partial charge in [0.15, 0.2) is 23.0 Å². The molecule has 2 aromatic rings. The highest BCUT2D eigenvalue weighted by Gasteiger charge is 2.15. The molecule has 0 fully saturated rings. The number of carbonyl (C=O) groups is 2. The van der Waals surface area contributed by atoms with E-state index in [1.165, 1.54) is 38.5 Å². The third-order valence-corrected chi connectivity index (χ3v) is 6.27. The smallest absolute Gasteiger partial charge is 0.203 e. The Hall–Kier alpha value is -3.42. The van der Waals surface area contributed by atoms with E-state index in [4.69, 9.17) is 28.4 Å². The predicted octanol–water partition coefficient (Wildman–Crippen LogP) is 6.70. The Morgan fingerprint density at radius 2 is 0.737 bits per heavy atom. The van der Waals surface area contributed by atoms with Gasteiger partial charge in [0, 0.05) is 11.1 Å². The Kier molecular flexibility index (Phi) is 14.5. The second-order valence-corrected chi connectivity index (χ2v) is 8.98. The van der Waals surface area contributed by atoms with Crippen LogP contribution in [0.1, 0.15) is 84.9 Å². The van der Waals surface area contributed by atoms with Crippen molar-refractivity contribution in [2.75, 3.05) is 41.7 Å². The molecule has 0 atom stereocenters. The summed E-state index contributed by atoms with van der Waals surface area (Å²) in [5.74, 6) is 3.10. The number of aldehydes is 2. The van der Waals surface area contributed by atoms with Crippen molar-refractivity contribution in [3.63, 3.8) is 0 Å². The van der Waals surface area contributed by atoms with E-state index in [0.717, 1.165) is 38.3 Å². The number of hydrogen-bond acceptors (Lipinski definition) is 8. The molecular weight excluding hydrogens is 488 g/mol. The molecule has 0 aliphatic rings. The van der Waals surface area contributed by atoms with E-state index >= 15 is 0 Å². The fourth-order valence-electron chi connectivity index (χ4n) is 4.19. The third kappa shape index (κ3) is 9.80. The summed E-state index contributed by atoms with van der Waals surface area (Å²) in [6, 6.07) is 6.61. The number of unbranched alkanes of at least 4 members (excludes halogenated alkanes) is 9. The first-order valence-corrected chi connectivity index (χ1v) is 13.3. The minimum absolute atomic E-state index is 0.489. The van der Waals surface area contributed by atoms with Crippen LogP contribution < -0.4 is 28.4 Å². The van der Waals surface area contributed by atoms with Crippen LogP contribution >= 0.6 is 0 Å². The molecule has 8 nitrogen and oxygen atoms in total. The SMILES string of the molecule is COc1cc(C=O)cc(OC)c1OCCCCCCCCCCCCOc1c(OC)cc(C=O)cc1OC. The molecule has 0 saturated heterocycles. The van der Waals surface area contributed by atoms with Crippen molar-refractivity contribution >= 4 is 12.6 Å². The minimum Gasteiger partial charge on any atom is -0.493 e. The first kappa shape index (κ1) is 30.8. The van der Waals surface area contributed by atoms with Crippen LogP contribution in [0.25, 0.3) is 0 Å². The molecule has 210 valence electrons. The van der Waals surface area contributed by atoms with Gasteiger partial charge in [0.1, 0.15) is 12.6 Å². The lowest BCUT2D eigenvalue weighted by molar-refractivity contribution is 0.111. The van der Waals surface area contributed by atoms with Gasteiger partial charge < -0.3 is 28.4 Å². The van der Waals surface area contributed by atoms with Crippen LogP contribution in [0, 0.1) is 0 Å². The fourth-order valence-corrected chi connectivity index (χ4v) is 4.19. The van der Waals surface area contributed by atoms with Crippen LogP contribution in [0.2, 0.25) is 0 Å². The van der Waals surface area contributed by atoms with Crippen LogP contribution in [-0.4, -0.2) is 54.2 Å². The lowest BCUT2D eigenvalue weighted by Crippen LogP contribution is -2.02. The van der Waals surface area contributed by atoms with Gasteiger partial charge >= 0.3 is 0 Å². The predicted molar refractivity (Wildman–Crippen MR) is 147 cm³/mol. The lowest BCUT2D eigenvalue weighted by Gasteiger charge is -2.15.